The van der Waals surface area contributed by atoms with Crippen LogP contribution in [0.1, 0.15) is 30.7 Å². The van der Waals surface area contributed by atoms with Crippen LogP contribution in [0.4, 0.5) is 6.01 Å². The second kappa shape index (κ2) is 4.72. The van der Waals surface area contributed by atoms with Crippen LogP contribution in [0, 0.1) is 5.92 Å². The summed E-state index contributed by atoms with van der Waals surface area (Å²) >= 11 is 0. The second-order valence-corrected chi connectivity index (χ2v) is 4.55. The Morgan fingerprint density at radius 3 is 3.00 bits per heavy atom. The molecule has 0 aliphatic heterocycles. The van der Waals surface area contributed by atoms with E-state index in [4.69, 9.17) is 10.2 Å². The van der Waals surface area contributed by atoms with Gasteiger partial charge in [0.1, 0.15) is 5.69 Å². The summed E-state index contributed by atoms with van der Waals surface area (Å²) in [5, 5.41) is 2.54. The molecule has 3 N–H and O–H groups in total. The van der Waals surface area contributed by atoms with E-state index >= 15 is 0 Å². The zero-order valence-corrected chi connectivity index (χ0v) is 10.3. The number of carbonyl (C=O) groups excluding carboxylic acids is 1. The third-order valence-electron chi connectivity index (χ3n) is 2.90. The Hall–Kier alpha value is -2.37. The highest BCUT2D eigenvalue weighted by Crippen LogP contribution is 2.28. The largest absolute Gasteiger partial charge is 0.422 e. The summed E-state index contributed by atoms with van der Waals surface area (Å²) in [6.45, 7) is 0. The number of guanidine groups is 1. The molecule has 6 nitrogen and oxygen atoms in total. The van der Waals surface area contributed by atoms with Crippen LogP contribution in [-0.2, 0) is 4.79 Å². The van der Waals surface area contributed by atoms with E-state index in [0.717, 1.165) is 19.3 Å². The summed E-state index contributed by atoms with van der Waals surface area (Å²) in [6, 6.07) is 0.148. The minimum atomic E-state index is -0.0887. The Balaban J connectivity index is 1.75. The normalized spacial score (nSPS) is 18.0. The van der Waals surface area contributed by atoms with Crippen molar-refractivity contribution in [2.45, 2.75) is 19.3 Å². The van der Waals surface area contributed by atoms with Crippen molar-refractivity contribution in [2.75, 3.05) is 0 Å². The standard InChI is InChI=1S/C13H14N4O2/c14-12(16-11(18)8-6-7-8)17-13-15-9-4-2-1-3-5-10(9)19-13/h2-5,8H,1,6-7H2,(H3,14,15,16,17,18). The SMILES string of the molecule is N/C(=N\c1nc2c(o1)C=CCC=C2)NC(=O)C1CC1. The van der Waals surface area contributed by atoms with Crippen molar-refractivity contribution in [3.05, 3.63) is 23.6 Å². The lowest BCUT2D eigenvalue weighted by molar-refractivity contribution is -0.120. The zero-order chi connectivity index (χ0) is 13.2. The molecular weight excluding hydrogens is 244 g/mol. The number of allylic oxidation sites excluding steroid dienone is 2. The van der Waals surface area contributed by atoms with Gasteiger partial charge in [-0.05, 0) is 31.4 Å². The number of aliphatic imine (C=N–C) groups is 1. The minimum Gasteiger partial charge on any atom is -0.422 e. The Bertz CT molecular complexity index is 564. The van der Waals surface area contributed by atoms with E-state index < -0.39 is 0 Å². The number of nitrogens with two attached hydrogens (primary N) is 1. The second-order valence-electron chi connectivity index (χ2n) is 4.55. The van der Waals surface area contributed by atoms with Gasteiger partial charge in [-0.15, -0.1) is 0 Å². The first kappa shape index (κ1) is 11.7. The number of nitrogens with one attached hydrogen (secondary N) is 1. The van der Waals surface area contributed by atoms with Crippen LogP contribution < -0.4 is 11.1 Å². The number of hydrogen-bond donors (Lipinski definition) is 2. The fourth-order valence-electron chi connectivity index (χ4n) is 1.76. The molecule has 6 heteroatoms. The van der Waals surface area contributed by atoms with E-state index in [2.05, 4.69) is 15.3 Å². The number of hydrogen-bond acceptors (Lipinski definition) is 4. The number of fused-ring (bicyclic) bond motifs is 1. The summed E-state index contributed by atoms with van der Waals surface area (Å²) in [6.07, 6.45) is 10.4. The highest BCUT2D eigenvalue weighted by Gasteiger charge is 2.30. The number of amides is 1. The van der Waals surface area contributed by atoms with Crippen LogP contribution >= 0.6 is 0 Å². The zero-order valence-electron chi connectivity index (χ0n) is 10.3. The molecule has 2 aliphatic carbocycles. The molecular formula is C13H14N4O2. The molecule has 19 heavy (non-hydrogen) atoms. The van der Waals surface area contributed by atoms with Crippen molar-refractivity contribution < 1.29 is 9.21 Å². The van der Waals surface area contributed by atoms with Gasteiger partial charge in [0.05, 0.1) is 0 Å². The fourth-order valence-corrected chi connectivity index (χ4v) is 1.76. The van der Waals surface area contributed by atoms with Crippen LogP contribution in [0.2, 0.25) is 0 Å². The Morgan fingerprint density at radius 2 is 2.21 bits per heavy atom. The van der Waals surface area contributed by atoms with Gasteiger partial charge >= 0.3 is 6.01 Å². The minimum absolute atomic E-state index is 0.0151. The van der Waals surface area contributed by atoms with Gasteiger partial charge in [0.2, 0.25) is 11.9 Å². The van der Waals surface area contributed by atoms with Crippen LogP contribution in [0.3, 0.4) is 0 Å². The molecule has 0 spiro atoms. The maximum absolute atomic E-state index is 11.5. The van der Waals surface area contributed by atoms with Crippen molar-refractivity contribution in [3.8, 4) is 0 Å². The number of nitrogens with zero attached hydrogens (tertiary/aromatic N) is 2. The van der Waals surface area contributed by atoms with Crippen LogP contribution in [0.25, 0.3) is 12.2 Å². The van der Waals surface area contributed by atoms with Gasteiger partial charge in [-0.2, -0.15) is 9.98 Å². The van der Waals surface area contributed by atoms with Gasteiger partial charge in [0.25, 0.3) is 0 Å². The molecule has 98 valence electrons. The molecule has 0 saturated heterocycles. The van der Waals surface area contributed by atoms with E-state index in [1.54, 1.807) is 0 Å². The molecule has 0 unspecified atom stereocenters. The van der Waals surface area contributed by atoms with Crippen molar-refractivity contribution in [3.63, 3.8) is 0 Å². The molecule has 1 heterocycles. The van der Waals surface area contributed by atoms with E-state index in [0.29, 0.717) is 11.5 Å². The monoisotopic (exact) mass is 258 g/mol. The third-order valence-corrected chi connectivity index (χ3v) is 2.90. The highest BCUT2D eigenvalue weighted by atomic mass is 16.4. The summed E-state index contributed by atoms with van der Waals surface area (Å²) in [4.78, 5) is 19.7. The quantitative estimate of drug-likeness (QED) is 0.622. The topological polar surface area (TPSA) is 93.5 Å². The van der Waals surface area contributed by atoms with Gasteiger partial charge < -0.3 is 10.2 Å². The highest BCUT2D eigenvalue weighted by molar-refractivity contribution is 5.98. The van der Waals surface area contributed by atoms with E-state index in [-0.39, 0.29) is 23.8 Å². The maximum atomic E-state index is 11.5. The summed E-state index contributed by atoms with van der Waals surface area (Å²) in [7, 11) is 0. The van der Waals surface area contributed by atoms with Gasteiger partial charge in [0, 0.05) is 5.92 Å². The predicted octanol–water partition coefficient (Wildman–Crippen LogP) is 1.58. The maximum Gasteiger partial charge on any atom is 0.325 e. The van der Waals surface area contributed by atoms with Gasteiger partial charge in [-0.25, -0.2) is 0 Å². The van der Waals surface area contributed by atoms with E-state index in [1.165, 1.54) is 0 Å². The average Bonchev–Trinajstić information content (AvgIpc) is 3.16. The average molecular weight is 258 g/mol. The van der Waals surface area contributed by atoms with Gasteiger partial charge in [0.15, 0.2) is 5.76 Å². The lowest BCUT2D eigenvalue weighted by Crippen LogP contribution is -2.37. The molecule has 1 aromatic heterocycles. The Labute approximate surface area is 110 Å². The molecule has 0 atom stereocenters. The van der Waals surface area contributed by atoms with Crippen LogP contribution in [0.15, 0.2) is 21.6 Å². The number of aromatic nitrogens is 1. The first-order valence-electron chi connectivity index (χ1n) is 6.21. The molecule has 3 rings (SSSR count). The smallest absolute Gasteiger partial charge is 0.325 e. The van der Waals surface area contributed by atoms with Crippen molar-refractivity contribution in [1.29, 1.82) is 0 Å². The van der Waals surface area contributed by atoms with E-state index in [1.807, 2.05) is 24.3 Å². The summed E-state index contributed by atoms with van der Waals surface area (Å²) in [5.41, 5.74) is 6.36. The lowest BCUT2D eigenvalue weighted by atomic mass is 10.3. The van der Waals surface area contributed by atoms with Crippen molar-refractivity contribution >= 4 is 30.0 Å². The first-order chi connectivity index (χ1) is 9.22. The van der Waals surface area contributed by atoms with Crippen molar-refractivity contribution in [1.82, 2.24) is 10.3 Å². The van der Waals surface area contributed by atoms with Crippen molar-refractivity contribution in [2.24, 2.45) is 16.6 Å². The lowest BCUT2D eigenvalue weighted by Gasteiger charge is -2.00. The fraction of sp³-hybridized carbons (Fsp3) is 0.308. The molecule has 2 aliphatic rings. The third kappa shape index (κ3) is 2.73. The molecule has 0 bridgehead atoms. The molecule has 1 fully saturated rings. The summed E-state index contributed by atoms with van der Waals surface area (Å²) in [5.74, 6) is 0.658. The Kier molecular flexibility index (Phi) is 2.91. The number of rotatable bonds is 2. The summed E-state index contributed by atoms with van der Waals surface area (Å²) < 4.78 is 5.45. The molecule has 1 amide bonds. The van der Waals surface area contributed by atoms with Gasteiger partial charge in [-0.1, -0.05) is 12.2 Å². The van der Waals surface area contributed by atoms with Crippen LogP contribution in [-0.4, -0.2) is 16.9 Å². The number of carbonyl (C=O) groups is 1. The molecule has 0 aromatic carbocycles. The molecule has 0 radical (unpaired) electrons. The van der Waals surface area contributed by atoms with Crippen LogP contribution in [0.5, 0.6) is 0 Å². The first-order valence-corrected chi connectivity index (χ1v) is 6.21. The molecule has 1 saturated carbocycles. The predicted molar refractivity (Wildman–Crippen MR) is 71.3 cm³/mol. The Morgan fingerprint density at radius 1 is 1.42 bits per heavy atom. The molecule has 1 aromatic rings. The van der Waals surface area contributed by atoms with E-state index in [9.17, 15) is 4.79 Å². The number of oxazole rings is 1. The van der Waals surface area contributed by atoms with Gasteiger partial charge in [-0.3, -0.25) is 10.1 Å².